The van der Waals surface area contributed by atoms with Gasteiger partial charge in [-0.15, -0.1) is 10.2 Å². The van der Waals surface area contributed by atoms with Gasteiger partial charge in [0.2, 0.25) is 11.0 Å². The molecule has 1 aromatic heterocycles. The van der Waals surface area contributed by atoms with Crippen LogP contribution >= 0.6 is 23.1 Å². The van der Waals surface area contributed by atoms with Gasteiger partial charge >= 0.3 is 5.97 Å². The Hall–Kier alpha value is -1.15. The van der Waals surface area contributed by atoms with Crippen LogP contribution in [0.4, 0.5) is 5.13 Å². The van der Waals surface area contributed by atoms with Gasteiger partial charge in [0, 0.05) is 5.92 Å². The van der Waals surface area contributed by atoms with Crippen LogP contribution in [-0.4, -0.2) is 32.9 Å². The summed E-state index contributed by atoms with van der Waals surface area (Å²) in [7, 11) is 0. The first-order chi connectivity index (χ1) is 7.65. The smallest absolute Gasteiger partial charge is 0.313 e. The summed E-state index contributed by atoms with van der Waals surface area (Å²) in [6.45, 7) is 0. The second-order valence-corrected chi connectivity index (χ2v) is 5.52. The summed E-state index contributed by atoms with van der Waals surface area (Å²) in [5, 5.41) is 19.1. The molecular weight excluding hydrogens is 250 g/mol. The van der Waals surface area contributed by atoms with Crippen molar-refractivity contribution in [3.8, 4) is 0 Å². The Labute approximate surface area is 99.5 Å². The van der Waals surface area contributed by atoms with Crippen molar-refractivity contribution in [2.45, 2.75) is 17.2 Å². The molecule has 1 aliphatic carbocycles. The van der Waals surface area contributed by atoms with Gasteiger partial charge in [0.1, 0.15) is 0 Å². The third kappa shape index (κ3) is 3.17. The lowest BCUT2D eigenvalue weighted by atomic mass is 10.4. The second kappa shape index (κ2) is 4.79. The average molecular weight is 259 g/mol. The van der Waals surface area contributed by atoms with E-state index in [1.807, 2.05) is 0 Å². The molecule has 0 aliphatic heterocycles. The van der Waals surface area contributed by atoms with E-state index in [9.17, 15) is 9.59 Å². The predicted octanol–water partition coefficient (Wildman–Crippen LogP) is 1.06. The van der Waals surface area contributed by atoms with Gasteiger partial charge in [-0.2, -0.15) is 0 Å². The average Bonchev–Trinajstić information content (AvgIpc) is 2.98. The third-order valence-electron chi connectivity index (χ3n) is 1.90. The van der Waals surface area contributed by atoms with Crippen LogP contribution < -0.4 is 5.32 Å². The molecular formula is C8H9N3O3S2. The number of anilines is 1. The van der Waals surface area contributed by atoms with Crippen LogP contribution in [-0.2, 0) is 9.59 Å². The molecule has 0 aromatic carbocycles. The lowest BCUT2D eigenvalue weighted by Gasteiger charge is -1.95. The first-order valence-electron chi connectivity index (χ1n) is 4.64. The maximum atomic E-state index is 11.4. The van der Waals surface area contributed by atoms with E-state index in [2.05, 4.69) is 15.5 Å². The van der Waals surface area contributed by atoms with Crippen molar-refractivity contribution in [2.75, 3.05) is 11.1 Å². The molecule has 2 N–H and O–H groups in total. The van der Waals surface area contributed by atoms with Crippen molar-refractivity contribution >= 4 is 40.1 Å². The van der Waals surface area contributed by atoms with Gasteiger partial charge < -0.3 is 10.4 Å². The molecule has 0 saturated heterocycles. The van der Waals surface area contributed by atoms with Crippen molar-refractivity contribution in [3.05, 3.63) is 0 Å². The zero-order chi connectivity index (χ0) is 11.5. The number of aliphatic carboxylic acids is 1. The van der Waals surface area contributed by atoms with Crippen LogP contribution in [0.2, 0.25) is 0 Å². The number of hydrogen-bond acceptors (Lipinski definition) is 6. The highest BCUT2D eigenvalue weighted by Crippen LogP contribution is 2.31. The van der Waals surface area contributed by atoms with Crippen LogP contribution in [0.15, 0.2) is 4.34 Å². The standard InChI is InChI=1S/C8H9N3O3S2/c12-5(13)3-15-8-11-10-7(16-8)9-6(14)4-1-2-4/h4H,1-3H2,(H,12,13)(H,9,10,14). The van der Waals surface area contributed by atoms with Gasteiger partial charge in [-0.3, -0.25) is 9.59 Å². The molecule has 1 heterocycles. The molecule has 0 bridgehead atoms. The van der Waals surface area contributed by atoms with E-state index in [-0.39, 0.29) is 17.6 Å². The first kappa shape index (κ1) is 11.3. The number of carbonyl (C=O) groups is 2. The first-order valence-corrected chi connectivity index (χ1v) is 6.44. The maximum absolute atomic E-state index is 11.4. The minimum absolute atomic E-state index is 0.0223. The molecule has 1 aliphatic rings. The van der Waals surface area contributed by atoms with E-state index in [0.717, 1.165) is 24.6 Å². The Morgan fingerprint density at radius 2 is 2.25 bits per heavy atom. The number of carbonyl (C=O) groups excluding carboxylic acids is 1. The van der Waals surface area contributed by atoms with Gasteiger partial charge in [-0.1, -0.05) is 23.1 Å². The Kier molecular flexibility index (Phi) is 3.39. The van der Waals surface area contributed by atoms with E-state index >= 15 is 0 Å². The fraction of sp³-hybridized carbons (Fsp3) is 0.500. The minimum atomic E-state index is -0.899. The number of thioether (sulfide) groups is 1. The molecule has 1 fully saturated rings. The van der Waals surface area contributed by atoms with Crippen LogP contribution in [0.3, 0.4) is 0 Å². The summed E-state index contributed by atoms with van der Waals surface area (Å²) in [5.74, 6) is -0.848. The SMILES string of the molecule is O=C(O)CSc1nnc(NC(=O)C2CC2)s1. The monoisotopic (exact) mass is 259 g/mol. The highest BCUT2D eigenvalue weighted by Gasteiger charge is 2.30. The molecule has 0 unspecified atom stereocenters. The van der Waals surface area contributed by atoms with E-state index in [0.29, 0.717) is 9.47 Å². The van der Waals surface area contributed by atoms with E-state index < -0.39 is 5.97 Å². The summed E-state index contributed by atoms with van der Waals surface area (Å²) in [5.41, 5.74) is 0. The molecule has 1 aromatic rings. The van der Waals surface area contributed by atoms with Crippen molar-refractivity contribution in [3.63, 3.8) is 0 Å². The Morgan fingerprint density at radius 1 is 1.50 bits per heavy atom. The van der Waals surface area contributed by atoms with Crippen molar-refractivity contribution in [1.29, 1.82) is 0 Å². The minimum Gasteiger partial charge on any atom is -0.481 e. The number of nitrogens with zero attached hydrogens (tertiary/aromatic N) is 2. The molecule has 1 saturated carbocycles. The quantitative estimate of drug-likeness (QED) is 0.607. The maximum Gasteiger partial charge on any atom is 0.313 e. The second-order valence-electron chi connectivity index (χ2n) is 3.32. The number of hydrogen-bond donors (Lipinski definition) is 2. The summed E-state index contributed by atoms with van der Waals surface area (Å²) < 4.78 is 0.550. The van der Waals surface area contributed by atoms with Gasteiger partial charge in [0.15, 0.2) is 4.34 Å². The Bertz CT molecular complexity index is 416. The van der Waals surface area contributed by atoms with Crippen LogP contribution in [0.5, 0.6) is 0 Å². The van der Waals surface area contributed by atoms with Gasteiger partial charge in [-0.05, 0) is 12.8 Å². The topological polar surface area (TPSA) is 92.2 Å². The van der Waals surface area contributed by atoms with Crippen LogP contribution in [0.1, 0.15) is 12.8 Å². The zero-order valence-corrected chi connectivity index (χ0v) is 9.81. The molecule has 0 spiro atoms. The lowest BCUT2D eigenvalue weighted by Crippen LogP contribution is -2.12. The zero-order valence-electron chi connectivity index (χ0n) is 8.17. The number of aromatic nitrogens is 2. The predicted molar refractivity (Wildman–Crippen MR) is 59.6 cm³/mol. The Morgan fingerprint density at radius 3 is 2.88 bits per heavy atom. The van der Waals surface area contributed by atoms with Gasteiger partial charge in [-0.25, -0.2) is 0 Å². The molecule has 1 amide bonds. The fourth-order valence-electron chi connectivity index (χ4n) is 0.995. The lowest BCUT2D eigenvalue weighted by molar-refractivity contribution is -0.133. The molecule has 8 heteroatoms. The van der Waals surface area contributed by atoms with Gasteiger partial charge in [0.25, 0.3) is 0 Å². The van der Waals surface area contributed by atoms with Crippen molar-refractivity contribution in [2.24, 2.45) is 5.92 Å². The summed E-state index contributed by atoms with van der Waals surface area (Å²) in [6.07, 6.45) is 1.87. The van der Waals surface area contributed by atoms with Crippen LogP contribution in [0, 0.1) is 5.92 Å². The largest absolute Gasteiger partial charge is 0.481 e. The number of amides is 1. The molecule has 86 valence electrons. The summed E-state index contributed by atoms with van der Waals surface area (Å²) in [4.78, 5) is 21.7. The highest BCUT2D eigenvalue weighted by atomic mass is 32.2. The van der Waals surface area contributed by atoms with E-state index in [1.54, 1.807) is 0 Å². The van der Waals surface area contributed by atoms with Crippen LogP contribution in [0.25, 0.3) is 0 Å². The normalized spacial score (nSPS) is 14.8. The van der Waals surface area contributed by atoms with E-state index in [1.165, 1.54) is 11.3 Å². The van der Waals surface area contributed by atoms with E-state index in [4.69, 9.17) is 5.11 Å². The molecule has 0 radical (unpaired) electrons. The summed E-state index contributed by atoms with van der Waals surface area (Å²) in [6, 6.07) is 0. The number of carboxylic acid groups (broad SMARTS) is 1. The number of carboxylic acids is 1. The summed E-state index contributed by atoms with van der Waals surface area (Å²) >= 11 is 2.29. The molecule has 0 atom stereocenters. The Balaban J connectivity index is 1.86. The van der Waals surface area contributed by atoms with Gasteiger partial charge in [0.05, 0.1) is 5.75 Å². The fourth-order valence-corrected chi connectivity index (χ4v) is 2.47. The molecule has 16 heavy (non-hydrogen) atoms. The van der Waals surface area contributed by atoms with Crippen molar-refractivity contribution in [1.82, 2.24) is 10.2 Å². The molecule has 6 nitrogen and oxygen atoms in total. The van der Waals surface area contributed by atoms with Crippen molar-refractivity contribution < 1.29 is 14.7 Å². The highest BCUT2D eigenvalue weighted by molar-refractivity contribution is 8.01. The number of nitrogens with one attached hydrogen (secondary N) is 1. The third-order valence-corrected chi connectivity index (χ3v) is 3.86. The molecule has 2 rings (SSSR count). The number of rotatable bonds is 5.